The molecule has 0 saturated carbocycles. The normalized spacial score (nSPS) is 18.3. The molecule has 40 heavy (non-hydrogen) atoms. The van der Waals surface area contributed by atoms with Crippen LogP contribution in [0.25, 0.3) is 11.2 Å². The van der Waals surface area contributed by atoms with Gasteiger partial charge >= 0.3 is 37.1 Å². The second kappa shape index (κ2) is 14.1. The summed E-state index contributed by atoms with van der Waals surface area (Å²) in [6.07, 6.45) is 6.11. The molecule has 2 unspecified atom stereocenters. The number of ether oxygens (including phenoxy) is 2. The molecule has 1 aromatic carbocycles. The molecule has 0 spiro atoms. The minimum absolute atomic E-state index is 0. The van der Waals surface area contributed by atoms with Crippen LogP contribution in [-0.4, -0.2) is 50.2 Å². The van der Waals surface area contributed by atoms with Gasteiger partial charge in [0.2, 0.25) is 0 Å². The van der Waals surface area contributed by atoms with E-state index in [2.05, 4.69) is 32.0 Å². The first-order valence-corrected chi connectivity index (χ1v) is 13.5. The molecule has 0 aliphatic carbocycles. The number of carbonyl (C=O) groups is 2. The van der Waals surface area contributed by atoms with Gasteiger partial charge in [-0.05, 0) is 42.8 Å². The number of thiophene rings is 1. The molecule has 4 aromatic rings. The quantitative estimate of drug-likeness (QED) is 0.155. The number of aromatic nitrogens is 4. The predicted octanol–water partition coefficient (Wildman–Crippen LogP) is 3.85. The second-order valence-corrected chi connectivity index (χ2v) is 9.81. The largest absolute Gasteiger partial charge is 2.00 e. The maximum atomic E-state index is 12.0. The summed E-state index contributed by atoms with van der Waals surface area (Å²) in [6.45, 7) is 4.19. The summed E-state index contributed by atoms with van der Waals surface area (Å²) in [5.74, 6) is -0.0756. The van der Waals surface area contributed by atoms with Crippen LogP contribution in [0.1, 0.15) is 46.9 Å². The van der Waals surface area contributed by atoms with E-state index < -0.39 is 18.3 Å². The van der Waals surface area contributed by atoms with Crippen molar-refractivity contribution in [1.29, 1.82) is 0 Å². The summed E-state index contributed by atoms with van der Waals surface area (Å²) in [6, 6.07) is 11.3. The number of anilines is 1. The number of imidazole rings is 1. The standard InChI is InChI=1S/C27H29N7O4S.U/c1-2-29-27(36)33-24-21-25(31-15-30-24)34(16-32-21)14-20-19(37-26(38-20)18-9-4-3-5-10-18)11-7-6-8-17-12-13-39-22(17)23(28)35;/h3-5,9-16,19-20,26H,2,6-8H2,1H3,(H2,28,35)(H2,29,30,31,33,36);/q-2;+2/t19?,20?,26-;/m0./s1. The molecule has 1 fully saturated rings. The average molecular weight is 786 g/mol. The third kappa shape index (κ3) is 7.03. The molecule has 0 bridgehead atoms. The monoisotopic (exact) mass is 785 g/mol. The van der Waals surface area contributed by atoms with Gasteiger partial charge in [-0.1, -0.05) is 43.3 Å². The predicted molar refractivity (Wildman–Crippen MR) is 147 cm³/mol. The number of urea groups is 1. The van der Waals surface area contributed by atoms with Crippen molar-refractivity contribution in [2.45, 2.75) is 44.7 Å². The molecule has 1 aliphatic rings. The van der Waals surface area contributed by atoms with Crippen molar-refractivity contribution in [2.24, 2.45) is 5.73 Å². The van der Waals surface area contributed by atoms with Gasteiger partial charge in [-0.3, -0.25) is 21.5 Å². The van der Waals surface area contributed by atoms with Gasteiger partial charge in [0.05, 0.1) is 16.0 Å². The number of benzene rings is 1. The molecule has 3 amide bonds. The summed E-state index contributed by atoms with van der Waals surface area (Å²) >= 11 is 1.37. The van der Waals surface area contributed by atoms with E-state index in [4.69, 9.17) is 15.2 Å². The van der Waals surface area contributed by atoms with Crippen molar-refractivity contribution >= 4 is 40.3 Å². The summed E-state index contributed by atoms with van der Waals surface area (Å²) in [5.41, 5.74) is 8.36. The van der Waals surface area contributed by atoms with Crippen LogP contribution in [0.2, 0.25) is 0 Å². The summed E-state index contributed by atoms with van der Waals surface area (Å²) < 4.78 is 14.4. The van der Waals surface area contributed by atoms with E-state index in [0.29, 0.717) is 28.4 Å². The van der Waals surface area contributed by atoms with E-state index in [-0.39, 0.29) is 43.2 Å². The van der Waals surface area contributed by atoms with Gasteiger partial charge in [0.15, 0.2) is 12.1 Å². The molecule has 0 radical (unpaired) electrons. The topological polar surface area (TPSA) is 146 Å². The average Bonchev–Trinajstić information content (AvgIpc) is 3.67. The number of hydrogen-bond acceptors (Lipinski definition) is 8. The van der Waals surface area contributed by atoms with E-state index in [1.807, 2.05) is 55.2 Å². The van der Waals surface area contributed by atoms with Crippen molar-refractivity contribution < 1.29 is 50.2 Å². The van der Waals surface area contributed by atoms with Crippen LogP contribution in [0.15, 0.2) is 54.4 Å². The molecular weight excluding hydrogens is 756 g/mol. The van der Waals surface area contributed by atoms with E-state index in [1.54, 1.807) is 10.9 Å². The van der Waals surface area contributed by atoms with Crippen LogP contribution in [0, 0.1) is 44.1 Å². The van der Waals surface area contributed by atoms with Gasteiger partial charge in [0.25, 0.3) is 5.91 Å². The molecule has 1 saturated heterocycles. The Labute approximate surface area is 259 Å². The Morgan fingerprint density at radius 1 is 1.12 bits per heavy atom. The van der Waals surface area contributed by atoms with Crippen LogP contribution < -0.4 is 16.4 Å². The molecule has 4 heterocycles. The Morgan fingerprint density at radius 2 is 1.93 bits per heavy atom. The number of nitrogens with two attached hydrogens (primary N) is 1. The van der Waals surface area contributed by atoms with Gasteiger partial charge < -0.3 is 30.1 Å². The van der Waals surface area contributed by atoms with Crippen LogP contribution in [0.5, 0.6) is 0 Å². The fourth-order valence-electron chi connectivity index (χ4n) is 4.40. The third-order valence-corrected chi connectivity index (χ3v) is 7.18. The molecule has 3 atom stereocenters. The number of carbonyl (C=O) groups excluding carboxylic acids is 2. The number of hydrogen-bond donors (Lipinski definition) is 3. The zero-order valence-corrected chi connectivity index (χ0v) is 26.8. The Bertz CT molecular complexity index is 1430. The Balaban J connectivity index is 0.00000370. The second-order valence-electron chi connectivity index (χ2n) is 8.89. The van der Waals surface area contributed by atoms with Crippen molar-refractivity contribution in [3.05, 3.63) is 83.4 Å². The number of amides is 3. The number of rotatable bonds is 11. The number of nitrogens with one attached hydrogen (secondary N) is 2. The van der Waals surface area contributed by atoms with Crippen molar-refractivity contribution in [2.75, 3.05) is 11.9 Å². The zero-order valence-electron chi connectivity index (χ0n) is 21.8. The van der Waals surface area contributed by atoms with Crippen LogP contribution >= 0.6 is 11.3 Å². The Hall–Kier alpha value is -2.95. The van der Waals surface area contributed by atoms with E-state index in [0.717, 1.165) is 30.4 Å². The van der Waals surface area contributed by atoms with E-state index in [9.17, 15) is 9.59 Å². The minimum atomic E-state index is -0.536. The maximum Gasteiger partial charge on any atom is 2.00 e. The van der Waals surface area contributed by atoms with Gasteiger partial charge in [-0.15, -0.1) is 11.3 Å². The molecule has 13 heteroatoms. The van der Waals surface area contributed by atoms with Gasteiger partial charge in [0.1, 0.15) is 6.33 Å². The fraction of sp³-hybridized carbons (Fsp3) is 0.296. The van der Waals surface area contributed by atoms with E-state index >= 15 is 0 Å². The minimum Gasteiger partial charge on any atom is -0.451 e. The fourth-order valence-corrected chi connectivity index (χ4v) is 5.20. The zero-order chi connectivity index (χ0) is 27.2. The van der Waals surface area contributed by atoms with Gasteiger partial charge in [0, 0.05) is 18.2 Å². The van der Waals surface area contributed by atoms with Crippen molar-refractivity contribution in [1.82, 2.24) is 24.8 Å². The third-order valence-electron chi connectivity index (χ3n) is 6.21. The number of nitrogens with zero attached hydrogens (tertiary/aromatic N) is 4. The van der Waals surface area contributed by atoms with E-state index in [1.165, 1.54) is 17.7 Å². The Morgan fingerprint density at radius 3 is 2.70 bits per heavy atom. The number of unbranched alkanes of at least 4 members (excludes halogenated alkanes) is 1. The SMILES string of the molecule is CCNC(=O)Nc1ncnc2c1ncn2[CH-]C1O[C@@H](c2ccccc2)OC1[CH-]CCCc1ccsc1C(N)=O.[U+2]. The van der Waals surface area contributed by atoms with Crippen molar-refractivity contribution in [3.8, 4) is 0 Å². The molecule has 11 nitrogen and oxygen atoms in total. The van der Waals surface area contributed by atoms with Gasteiger partial charge in [-0.2, -0.15) is 6.42 Å². The molecular formula is C27H29N7O4SU. The first-order valence-electron chi connectivity index (χ1n) is 12.7. The Kier molecular flexibility index (Phi) is 10.6. The molecule has 3 aromatic heterocycles. The maximum absolute atomic E-state index is 12.0. The summed E-state index contributed by atoms with van der Waals surface area (Å²) in [7, 11) is 0. The molecule has 206 valence electrons. The summed E-state index contributed by atoms with van der Waals surface area (Å²) in [4.78, 5) is 37.2. The van der Waals surface area contributed by atoms with Crippen LogP contribution in [0.3, 0.4) is 0 Å². The molecule has 4 N–H and O–H groups in total. The van der Waals surface area contributed by atoms with Crippen LogP contribution in [0.4, 0.5) is 10.6 Å². The molecule has 5 rings (SSSR count). The van der Waals surface area contributed by atoms with Crippen LogP contribution in [-0.2, 0) is 15.9 Å². The number of fused-ring (bicyclic) bond motifs is 1. The first kappa shape index (κ1) is 30.0. The smallest absolute Gasteiger partial charge is 0.451 e. The van der Waals surface area contributed by atoms with Crippen molar-refractivity contribution in [3.63, 3.8) is 0 Å². The summed E-state index contributed by atoms with van der Waals surface area (Å²) in [5, 5.41) is 7.27. The van der Waals surface area contributed by atoms with Gasteiger partial charge in [-0.25, -0.2) is 9.78 Å². The molecule has 1 aliphatic heterocycles. The number of primary amides is 1. The first-order chi connectivity index (χ1) is 19.0. The number of aryl methyl sites for hydroxylation is 1.